The molecule has 2 saturated heterocycles. The number of carbonyl (C=O) groups excluding carboxylic acids is 3. The first-order valence-electron chi connectivity index (χ1n) is 10.9. The van der Waals surface area contributed by atoms with Crippen LogP contribution in [0.2, 0.25) is 5.02 Å². The predicted molar refractivity (Wildman–Crippen MR) is 114 cm³/mol. The van der Waals surface area contributed by atoms with E-state index in [0.29, 0.717) is 30.2 Å². The number of carbonyl (C=O) groups is 3. The number of likely N-dealkylation sites (tertiary alicyclic amines) is 1. The summed E-state index contributed by atoms with van der Waals surface area (Å²) in [5.41, 5.74) is 1.15. The number of amides is 4. The molecule has 4 rings (SSSR count). The van der Waals surface area contributed by atoms with Crippen LogP contribution in [0.3, 0.4) is 0 Å². The Morgan fingerprint density at radius 2 is 2.06 bits per heavy atom. The Kier molecular flexibility index (Phi) is 6.36. The molecule has 3 aliphatic rings. The molecule has 4 amide bonds. The Labute approximate surface area is 186 Å². The maximum atomic E-state index is 14.2. The van der Waals surface area contributed by atoms with Gasteiger partial charge >= 0.3 is 6.03 Å². The Balaban J connectivity index is 1.40. The molecular weight excluding hydrogens is 423 g/mol. The molecule has 0 radical (unpaired) electrons. The summed E-state index contributed by atoms with van der Waals surface area (Å²) in [5, 5.41) is 5.93. The van der Waals surface area contributed by atoms with E-state index in [1.165, 1.54) is 6.07 Å². The van der Waals surface area contributed by atoms with Crippen molar-refractivity contribution < 1.29 is 18.8 Å². The first kappa shape index (κ1) is 21.9. The quantitative estimate of drug-likeness (QED) is 0.723. The lowest BCUT2D eigenvalue weighted by Gasteiger charge is -2.40. The van der Waals surface area contributed by atoms with Crippen LogP contribution in [0.4, 0.5) is 9.18 Å². The zero-order valence-corrected chi connectivity index (χ0v) is 18.4. The molecule has 7 nitrogen and oxygen atoms in total. The van der Waals surface area contributed by atoms with Crippen molar-refractivity contribution in [1.29, 1.82) is 0 Å². The van der Waals surface area contributed by atoms with E-state index in [1.807, 2.05) is 4.90 Å². The molecule has 1 unspecified atom stereocenters. The summed E-state index contributed by atoms with van der Waals surface area (Å²) < 4.78 is 14.2. The van der Waals surface area contributed by atoms with Gasteiger partial charge in [-0.1, -0.05) is 11.6 Å². The van der Waals surface area contributed by atoms with Crippen LogP contribution < -0.4 is 10.6 Å². The zero-order valence-electron chi connectivity index (χ0n) is 17.6. The molecule has 168 valence electrons. The SMILES string of the molecule is Cc1cc(CNC(=O)N(C2CC2)[C@@H]2CCCN(C(=O)C3CNC(=O)C3)C2)c(F)cc1Cl. The highest BCUT2D eigenvalue weighted by atomic mass is 35.5. The molecule has 31 heavy (non-hydrogen) atoms. The van der Waals surface area contributed by atoms with Crippen LogP contribution >= 0.6 is 11.6 Å². The molecule has 9 heteroatoms. The number of hydrogen-bond donors (Lipinski definition) is 2. The van der Waals surface area contributed by atoms with Crippen molar-refractivity contribution in [2.75, 3.05) is 19.6 Å². The molecule has 2 aliphatic heterocycles. The van der Waals surface area contributed by atoms with Crippen LogP contribution in [0.1, 0.15) is 43.2 Å². The second-order valence-electron chi connectivity index (χ2n) is 8.78. The van der Waals surface area contributed by atoms with Crippen LogP contribution in [0, 0.1) is 18.7 Å². The largest absolute Gasteiger partial charge is 0.355 e. The molecule has 1 saturated carbocycles. The maximum Gasteiger partial charge on any atom is 0.318 e. The Morgan fingerprint density at radius 3 is 2.74 bits per heavy atom. The van der Waals surface area contributed by atoms with Gasteiger partial charge in [0.15, 0.2) is 0 Å². The highest BCUT2D eigenvalue weighted by Crippen LogP contribution is 2.32. The molecule has 0 spiro atoms. The van der Waals surface area contributed by atoms with Gasteiger partial charge in [-0.2, -0.15) is 0 Å². The van der Waals surface area contributed by atoms with Gasteiger partial charge < -0.3 is 20.4 Å². The Morgan fingerprint density at radius 1 is 1.29 bits per heavy atom. The number of hydrogen-bond acceptors (Lipinski definition) is 3. The van der Waals surface area contributed by atoms with Crippen molar-refractivity contribution in [1.82, 2.24) is 20.4 Å². The van der Waals surface area contributed by atoms with Crippen molar-refractivity contribution in [3.63, 3.8) is 0 Å². The number of nitrogens with zero attached hydrogens (tertiary/aromatic N) is 2. The molecule has 1 aliphatic carbocycles. The topological polar surface area (TPSA) is 81.8 Å². The van der Waals surface area contributed by atoms with Crippen molar-refractivity contribution in [2.24, 2.45) is 5.92 Å². The minimum absolute atomic E-state index is 0.0158. The smallest absolute Gasteiger partial charge is 0.318 e. The number of rotatable bonds is 5. The molecule has 1 aromatic rings. The van der Waals surface area contributed by atoms with E-state index in [9.17, 15) is 18.8 Å². The first-order valence-corrected chi connectivity index (χ1v) is 11.3. The van der Waals surface area contributed by atoms with E-state index in [-0.39, 0.29) is 48.8 Å². The molecule has 3 fully saturated rings. The predicted octanol–water partition coefficient (Wildman–Crippen LogP) is 2.59. The highest BCUT2D eigenvalue weighted by Gasteiger charge is 2.41. The molecule has 2 atom stereocenters. The van der Waals surface area contributed by atoms with E-state index in [0.717, 1.165) is 31.2 Å². The number of nitrogens with one attached hydrogen (secondary N) is 2. The van der Waals surface area contributed by atoms with Crippen molar-refractivity contribution in [2.45, 2.75) is 57.7 Å². The molecule has 2 heterocycles. The van der Waals surface area contributed by atoms with Gasteiger partial charge in [0.05, 0.1) is 12.0 Å². The molecular formula is C22H28ClFN4O3. The second-order valence-corrected chi connectivity index (χ2v) is 9.18. The lowest BCUT2D eigenvalue weighted by Crippen LogP contribution is -2.55. The van der Waals surface area contributed by atoms with E-state index in [1.54, 1.807) is 17.9 Å². The summed E-state index contributed by atoms with van der Waals surface area (Å²) in [6, 6.07) is 2.77. The average molecular weight is 451 g/mol. The fourth-order valence-corrected chi connectivity index (χ4v) is 4.67. The van der Waals surface area contributed by atoms with Gasteiger partial charge in [-0.25, -0.2) is 9.18 Å². The highest BCUT2D eigenvalue weighted by molar-refractivity contribution is 6.31. The van der Waals surface area contributed by atoms with Crippen LogP contribution in [-0.2, 0) is 16.1 Å². The van der Waals surface area contributed by atoms with Gasteiger partial charge in [-0.3, -0.25) is 9.59 Å². The first-order chi connectivity index (χ1) is 14.8. The normalized spacial score (nSPS) is 23.5. The van der Waals surface area contributed by atoms with E-state index in [4.69, 9.17) is 11.6 Å². The van der Waals surface area contributed by atoms with Crippen LogP contribution in [0.5, 0.6) is 0 Å². The van der Waals surface area contributed by atoms with Crippen molar-refractivity contribution in [3.8, 4) is 0 Å². The van der Waals surface area contributed by atoms with Crippen molar-refractivity contribution in [3.05, 3.63) is 34.1 Å². The number of aryl methyl sites for hydroxylation is 1. The van der Waals surface area contributed by atoms with E-state index >= 15 is 0 Å². The monoisotopic (exact) mass is 450 g/mol. The van der Waals surface area contributed by atoms with Gasteiger partial charge in [-0.15, -0.1) is 0 Å². The summed E-state index contributed by atoms with van der Waals surface area (Å²) in [4.78, 5) is 41.0. The summed E-state index contributed by atoms with van der Waals surface area (Å²) in [6.45, 7) is 3.39. The minimum atomic E-state index is -0.442. The minimum Gasteiger partial charge on any atom is -0.355 e. The van der Waals surface area contributed by atoms with E-state index in [2.05, 4.69) is 10.6 Å². The molecule has 0 bridgehead atoms. The number of benzene rings is 1. The third kappa shape index (κ3) is 4.95. The van der Waals surface area contributed by atoms with Gasteiger partial charge in [-0.05, 0) is 50.3 Å². The Bertz CT molecular complexity index is 892. The van der Waals surface area contributed by atoms with Gasteiger partial charge in [0.1, 0.15) is 5.82 Å². The number of piperidine rings is 1. The standard InChI is InChI=1S/C22H28ClFN4O3/c1-13-7-14(19(24)9-18(13)23)10-26-22(31)28(16-4-5-16)17-3-2-6-27(12-17)21(30)15-8-20(29)25-11-15/h7,9,15-17H,2-6,8,10-12H2,1H3,(H,25,29)(H,26,31)/t15?,17-/m1/s1. The van der Waals surface area contributed by atoms with Gasteiger partial charge in [0, 0.05) is 49.2 Å². The van der Waals surface area contributed by atoms with Crippen LogP contribution in [0.25, 0.3) is 0 Å². The average Bonchev–Trinajstić information content (AvgIpc) is 3.48. The zero-order chi connectivity index (χ0) is 22.1. The van der Waals surface area contributed by atoms with Crippen LogP contribution in [-0.4, -0.2) is 59.4 Å². The maximum absolute atomic E-state index is 14.2. The number of halogens is 2. The third-order valence-electron chi connectivity index (χ3n) is 6.36. The second kappa shape index (κ2) is 9.02. The van der Waals surface area contributed by atoms with Crippen molar-refractivity contribution >= 4 is 29.4 Å². The van der Waals surface area contributed by atoms with E-state index < -0.39 is 5.82 Å². The summed E-state index contributed by atoms with van der Waals surface area (Å²) >= 11 is 5.95. The summed E-state index contributed by atoms with van der Waals surface area (Å²) in [7, 11) is 0. The van der Waals surface area contributed by atoms with Gasteiger partial charge in [0.2, 0.25) is 11.8 Å². The fourth-order valence-electron chi connectivity index (χ4n) is 4.52. The fraction of sp³-hybridized carbons (Fsp3) is 0.591. The van der Waals surface area contributed by atoms with Gasteiger partial charge in [0.25, 0.3) is 0 Å². The lowest BCUT2D eigenvalue weighted by atomic mass is 10.0. The summed E-state index contributed by atoms with van der Waals surface area (Å²) in [6.07, 6.45) is 3.75. The van der Waals surface area contributed by atoms with Crippen LogP contribution in [0.15, 0.2) is 12.1 Å². The molecule has 2 N–H and O–H groups in total. The molecule has 1 aromatic carbocycles. The number of urea groups is 1. The lowest BCUT2D eigenvalue weighted by molar-refractivity contribution is -0.137. The summed E-state index contributed by atoms with van der Waals surface area (Å²) in [5.74, 6) is -0.859. The third-order valence-corrected chi connectivity index (χ3v) is 6.77. The molecule has 0 aromatic heterocycles. The Hall–Kier alpha value is -2.35.